The van der Waals surface area contributed by atoms with Gasteiger partial charge in [0.05, 0.1) is 6.04 Å². The third-order valence-electron chi connectivity index (χ3n) is 3.97. The molecule has 0 amide bonds. The number of hydrogen-bond donors (Lipinski definition) is 1. The van der Waals surface area contributed by atoms with Crippen LogP contribution < -0.4 is 5.73 Å². The Kier molecular flexibility index (Phi) is 5.00. The topological polar surface area (TPSA) is 26.0 Å². The SMILES string of the molecule is CCc1ccc(C(N)/C2=C/CCCCCC2)cc1. The van der Waals surface area contributed by atoms with Crippen molar-refractivity contribution < 1.29 is 0 Å². The highest BCUT2D eigenvalue weighted by Crippen LogP contribution is 2.27. The molecule has 2 rings (SSSR count). The molecule has 0 fully saturated rings. The Hall–Kier alpha value is -1.08. The molecular formula is C17H25N. The van der Waals surface area contributed by atoms with Crippen molar-refractivity contribution in [3.05, 3.63) is 47.0 Å². The van der Waals surface area contributed by atoms with Crippen molar-refractivity contribution in [3.8, 4) is 0 Å². The molecule has 1 aliphatic rings. The van der Waals surface area contributed by atoms with Crippen LogP contribution in [-0.4, -0.2) is 0 Å². The van der Waals surface area contributed by atoms with Gasteiger partial charge >= 0.3 is 0 Å². The van der Waals surface area contributed by atoms with E-state index in [9.17, 15) is 0 Å². The van der Waals surface area contributed by atoms with Crippen LogP contribution in [0.5, 0.6) is 0 Å². The van der Waals surface area contributed by atoms with Crippen LogP contribution in [0.1, 0.15) is 62.6 Å². The molecule has 1 aromatic rings. The fourth-order valence-corrected chi connectivity index (χ4v) is 2.67. The molecule has 1 atom stereocenters. The maximum absolute atomic E-state index is 6.41. The van der Waals surface area contributed by atoms with E-state index in [4.69, 9.17) is 5.73 Å². The molecule has 0 spiro atoms. The van der Waals surface area contributed by atoms with Crippen molar-refractivity contribution in [1.29, 1.82) is 0 Å². The Labute approximate surface area is 111 Å². The predicted molar refractivity (Wildman–Crippen MR) is 78.5 cm³/mol. The van der Waals surface area contributed by atoms with E-state index in [1.807, 2.05) is 0 Å². The molecule has 18 heavy (non-hydrogen) atoms. The molecule has 0 saturated heterocycles. The van der Waals surface area contributed by atoms with Crippen LogP contribution in [0.2, 0.25) is 0 Å². The van der Waals surface area contributed by atoms with Gasteiger partial charge in [-0.2, -0.15) is 0 Å². The second-order valence-electron chi connectivity index (χ2n) is 5.30. The largest absolute Gasteiger partial charge is 0.321 e. The summed E-state index contributed by atoms with van der Waals surface area (Å²) in [7, 11) is 0. The van der Waals surface area contributed by atoms with Gasteiger partial charge in [0.2, 0.25) is 0 Å². The van der Waals surface area contributed by atoms with Gasteiger partial charge in [0.25, 0.3) is 0 Å². The van der Waals surface area contributed by atoms with E-state index in [0.29, 0.717) is 0 Å². The Balaban J connectivity index is 2.10. The minimum Gasteiger partial charge on any atom is -0.321 e. The number of nitrogens with two attached hydrogens (primary N) is 1. The van der Waals surface area contributed by atoms with Crippen LogP contribution in [0.4, 0.5) is 0 Å². The first kappa shape index (κ1) is 13.4. The molecule has 1 unspecified atom stereocenters. The second kappa shape index (κ2) is 6.75. The third-order valence-corrected chi connectivity index (χ3v) is 3.97. The summed E-state index contributed by atoms with van der Waals surface area (Å²) in [6.45, 7) is 2.19. The van der Waals surface area contributed by atoms with Gasteiger partial charge in [-0.05, 0) is 43.2 Å². The third kappa shape index (κ3) is 3.46. The molecule has 1 nitrogen and oxygen atoms in total. The molecular weight excluding hydrogens is 218 g/mol. The molecule has 0 bridgehead atoms. The molecule has 0 saturated carbocycles. The van der Waals surface area contributed by atoms with Gasteiger partial charge in [0.15, 0.2) is 0 Å². The molecule has 2 N–H and O–H groups in total. The molecule has 0 radical (unpaired) electrons. The Morgan fingerprint density at radius 2 is 1.78 bits per heavy atom. The summed E-state index contributed by atoms with van der Waals surface area (Å²) < 4.78 is 0. The average molecular weight is 243 g/mol. The normalized spacial score (nSPS) is 21.6. The van der Waals surface area contributed by atoms with Crippen LogP contribution >= 0.6 is 0 Å². The summed E-state index contributed by atoms with van der Waals surface area (Å²) in [5.74, 6) is 0. The van der Waals surface area contributed by atoms with Crippen LogP contribution in [0, 0.1) is 0 Å². The van der Waals surface area contributed by atoms with Gasteiger partial charge in [-0.25, -0.2) is 0 Å². The molecule has 98 valence electrons. The highest BCUT2D eigenvalue weighted by Gasteiger charge is 2.12. The lowest BCUT2D eigenvalue weighted by Crippen LogP contribution is -2.14. The van der Waals surface area contributed by atoms with E-state index in [1.54, 1.807) is 0 Å². The number of hydrogen-bond acceptors (Lipinski definition) is 1. The van der Waals surface area contributed by atoms with Crippen molar-refractivity contribution in [2.24, 2.45) is 5.73 Å². The number of benzene rings is 1. The number of allylic oxidation sites excluding steroid dienone is 1. The van der Waals surface area contributed by atoms with Crippen LogP contribution in [0.15, 0.2) is 35.9 Å². The summed E-state index contributed by atoms with van der Waals surface area (Å²) in [5.41, 5.74) is 10.5. The van der Waals surface area contributed by atoms with E-state index >= 15 is 0 Å². The molecule has 0 aliphatic heterocycles. The fraction of sp³-hybridized carbons (Fsp3) is 0.529. The highest BCUT2D eigenvalue weighted by atomic mass is 14.6. The second-order valence-corrected chi connectivity index (χ2v) is 5.30. The molecule has 0 heterocycles. The Morgan fingerprint density at radius 1 is 1.06 bits per heavy atom. The van der Waals surface area contributed by atoms with Crippen LogP contribution in [-0.2, 0) is 6.42 Å². The molecule has 1 heteroatoms. The van der Waals surface area contributed by atoms with Gasteiger partial charge < -0.3 is 5.73 Å². The summed E-state index contributed by atoms with van der Waals surface area (Å²) in [4.78, 5) is 0. The minimum absolute atomic E-state index is 0.106. The molecule has 1 aliphatic carbocycles. The first-order valence-corrected chi connectivity index (χ1v) is 7.34. The zero-order valence-corrected chi connectivity index (χ0v) is 11.5. The maximum atomic E-state index is 6.41. The van der Waals surface area contributed by atoms with Crippen molar-refractivity contribution in [3.63, 3.8) is 0 Å². The smallest absolute Gasteiger partial charge is 0.0510 e. The van der Waals surface area contributed by atoms with E-state index in [0.717, 1.165) is 6.42 Å². The van der Waals surface area contributed by atoms with Gasteiger partial charge in [-0.1, -0.05) is 55.7 Å². The van der Waals surface area contributed by atoms with E-state index in [1.165, 1.54) is 55.2 Å². The molecule has 0 aromatic heterocycles. The van der Waals surface area contributed by atoms with E-state index in [-0.39, 0.29) is 6.04 Å². The number of rotatable bonds is 3. The van der Waals surface area contributed by atoms with Crippen molar-refractivity contribution in [2.75, 3.05) is 0 Å². The Bertz CT molecular complexity index is 389. The minimum atomic E-state index is 0.106. The number of aryl methyl sites for hydroxylation is 1. The van der Waals surface area contributed by atoms with Gasteiger partial charge in [0, 0.05) is 0 Å². The van der Waals surface area contributed by atoms with Crippen LogP contribution in [0.25, 0.3) is 0 Å². The van der Waals surface area contributed by atoms with Crippen molar-refractivity contribution in [1.82, 2.24) is 0 Å². The van der Waals surface area contributed by atoms with Gasteiger partial charge in [-0.3, -0.25) is 0 Å². The quantitative estimate of drug-likeness (QED) is 0.775. The van der Waals surface area contributed by atoms with Crippen LogP contribution in [0.3, 0.4) is 0 Å². The maximum Gasteiger partial charge on any atom is 0.0510 e. The first-order chi connectivity index (χ1) is 8.81. The fourth-order valence-electron chi connectivity index (χ4n) is 2.67. The zero-order chi connectivity index (χ0) is 12.8. The lowest BCUT2D eigenvalue weighted by Gasteiger charge is -2.19. The lowest BCUT2D eigenvalue weighted by molar-refractivity contribution is 0.602. The summed E-state index contributed by atoms with van der Waals surface area (Å²) in [6.07, 6.45) is 11.2. The van der Waals surface area contributed by atoms with E-state index < -0.39 is 0 Å². The van der Waals surface area contributed by atoms with Crippen molar-refractivity contribution >= 4 is 0 Å². The van der Waals surface area contributed by atoms with Gasteiger partial charge in [-0.15, -0.1) is 0 Å². The standard InChI is InChI=1S/C17H25N/c1-2-14-10-12-16(13-11-14)17(18)15-8-6-4-3-5-7-9-15/h8,10-13,17H,2-7,9,18H2,1H3/b15-8+. The van der Waals surface area contributed by atoms with Gasteiger partial charge in [0.1, 0.15) is 0 Å². The summed E-state index contributed by atoms with van der Waals surface area (Å²) in [5, 5.41) is 0. The first-order valence-electron chi connectivity index (χ1n) is 7.34. The van der Waals surface area contributed by atoms with Crippen molar-refractivity contribution in [2.45, 2.75) is 57.9 Å². The lowest BCUT2D eigenvalue weighted by atomic mass is 9.91. The zero-order valence-electron chi connectivity index (χ0n) is 11.5. The average Bonchev–Trinajstić information content (AvgIpc) is 2.38. The summed E-state index contributed by atoms with van der Waals surface area (Å²) in [6, 6.07) is 8.91. The predicted octanol–water partition coefficient (Wildman–Crippen LogP) is 4.53. The monoisotopic (exact) mass is 243 g/mol. The molecule has 1 aromatic carbocycles. The van der Waals surface area contributed by atoms with E-state index in [2.05, 4.69) is 37.3 Å². The summed E-state index contributed by atoms with van der Waals surface area (Å²) >= 11 is 0. The highest BCUT2D eigenvalue weighted by molar-refractivity contribution is 5.30. The Morgan fingerprint density at radius 3 is 2.50 bits per heavy atom.